The summed E-state index contributed by atoms with van der Waals surface area (Å²) in [5, 5.41) is 2.49. The SMILES string of the molecule is CCCCc1cc(-c2cccc3c2ccn3P(Cl)n2ccc3c(-c4cc(C(C)(C)C)cc(C(C)(C)C)c4)cccc32)cc(C(C)CCC)c1. The van der Waals surface area contributed by atoms with Gasteiger partial charge in [0, 0.05) is 23.2 Å². The Morgan fingerprint density at radius 2 is 1.18 bits per heavy atom. The first-order valence-corrected chi connectivity index (χ1v) is 20.4. The molecule has 0 amide bonds. The van der Waals surface area contributed by atoms with Crippen molar-refractivity contribution in [3.05, 3.63) is 120 Å². The summed E-state index contributed by atoms with van der Waals surface area (Å²) < 4.78 is 4.55. The number of halogens is 1. The van der Waals surface area contributed by atoms with Crippen LogP contribution in [-0.4, -0.2) is 8.68 Å². The van der Waals surface area contributed by atoms with Crippen LogP contribution in [0.15, 0.2) is 97.3 Å². The molecule has 0 radical (unpaired) electrons. The Labute approximate surface area is 301 Å². The average molecular weight is 689 g/mol. The highest BCUT2D eigenvalue weighted by Crippen LogP contribution is 2.51. The lowest BCUT2D eigenvalue weighted by atomic mass is 9.78. The highest BCUT2D eigenvalue weighted by Gasteiger charge is 2.23. The number of hydrogen-bond acceptors (Lipinski definition) is 0. The van der Waals surface area contributed by atoms with Crippen LogP contribution >= 0.6 is 18.8 Å². The van der Waals surface area contributed by atoms with E-state index in [0.29, 0.717) is 5.92 Å². The number of aryl methyl sites for hydroxylation is 1. The van der Waals surface area contributed by atoms with Crippen molar-refractivity contribution >= 4 is 40.6 Å². The van der Waals surface area contributed by atoms with E-state index in [9.17, 15) is 0 Å². The summed E-state index contributed by atoms with van der Waals surface area (Å²) in [6.07, 6.45) is 10.3. The fourth-order valence-corrected chi connectivity index (χ4v) is 9.19. The molecule has 0 aliphatic rings. The van der Waals surface area contributed by atoms with E-state index in [1.54, 1.807) is 0 Å². The molecule has 2 heterocycles. The Kier molecular flexibility index (Phi) is 10.2. The van der Waals surface area contributed by atoms with E-state index in [1.165, 1.54) is 86.5 Å². The molecule has 0 saturated carbocycles. The third-order valence-electron chi connectivity index (χ3n) is 10.2. The molecule has 2 unspecified atom stereocenters. The number of hydrogen-bond donors (Lipinski definition) is 0. The Bertz CT molecular complexity index is 2050. The number of unbranched alkanes of at least 4 members (excludes halogenated alkanes) is 1. The molecule has 0 saturated heterocycles. The van der Waals surface area contributed by atoms with E-state index in [4.69, 9.17) is 11.2 Å². The average Bonchev–Trinajstić information content (AvgIpc) is 3.71. The molecule has 0 N–H and O–H groups in total. The van der Waals surface area contributed by atoms with Crippen molar-refractivity contribution in [3.63, 3.8) is 0 Å². The van der Waals surface area contributed by atoms with Gasteiger partial charge in [0.25, 0.3) is 0 Å². The summed E-state index contributed by atoms with van der Waals surface area (Å²) in [6, 6.07) is 32.4. The topological polar surface area (TPSA) is 9.86 Å². The minimum atomic E-state index is -1.24. The van der Waals surface area contributed by atoms with E-state index >= 15 is 0 Å². The summed E-state index contributed by atoms with van der Waals surface area (Å²) in [4.78, 5) is 0. The molecular weight excluding hydrogens is 635 g/mol. The van der Waals surface area contributed by atoms with Gasteiger partial charge in [0.1, 0.15) is 0 Å². The Morgan fingerprint density at radius 1 is 0.653 bits per heavy atom. The van der Waals surface area contributed by atoms with Crippen molar-refractivity contribution < 1.29 is 0 Å². The fraction of sp³-hybridized carbons (Fsp3) is 0.378. The second-order valence-electron chi connectivity index (χ2n) is 16.1. The van der Waals surface area contributed by atoms with Crippen LogP contribution in [0.2, 0.25) is 0 Å². The van der Waals surface area contributed by atoms with Crippen LogP contribution in [0, 0.1) is 0 Å². The van der Waals surface area contributed by atoms with Crippen LogP contribution in [0.5, 0.6) is 0 Å². The van der Waals surface area contributed by atoms with Crippen molar-refractivity contribution in [2.75, 3.05) is 0 Å². The lowest BCUT2D eigenvalue weighted by Crippen LogP contribution is -2.16. The van der Waals surface area contributed by atoms with Gasteiger partial charge in [-0.05, 0) is 116 Å². The van der Waals surface area contributed by atoms with Crippen molar-refractivity contribution in [1.29, 1.82) is 0 Å². The molecule has 4 heteroatoms. The third kappa shape index (κ3) is 7.29. The molecule has 0 spiro atoms. The smallest absolute Gasteiger partial charge is 0.206 e. The van der Waals surface area contributed by atoms with E-state index in [2.05, 4.69) is 168 Å². The molecule has 2 nitrogen and oxygen atoms in total. The Hall–Kier alpha value is -3.32. The molecule has 0 bridgehead atoms. The van der Waals surface area contributed by atoms with Gasteiger partial charge in [-0.25, -0.2) is 0 Å². The predicted molar refractivity (Wildman–Crippen MR) is 218 cm³/mol. The number of nitrogens with zero attached hydrogens (tertiary/aromatic N) is 2. The lowest BCUT2D eigenvalue weighted by Gasteiger charge is -2.26. The molecule has 0 fully saturated rings. The highest BCUT2D eigenvalue weighted by atomic mass is 35.7. The van der Waals surface area contributed by atoms with Crippen molar-refractivity contribution in [1.82, 2.24) is 8.68 Å². The number of fused-ring (bicyclic) bond motifs is 2. The standard InChI is InChI=1S/C45H54ClN2P/c1-10-12-16-32-25-33(31(3)15-11-2)27-34(26-32)38-17-13-19-42-40(38)21-23-47(42)49(46)48-24-22-41-39(18-14-20-43(41)48)35-28-36(44(4,5)6)30-37(29-35)45(7,8)9/h13-14,17-31H,10-12,15-16H2,1-9H3. The van der Waals surface area contributed by atoms with Crippen LogP contribution in [0.1, 0.15) is 116 Å². The monoisotopic (exact) mass is 688 g/mol. The van der Waals surface area contributed by atoms with Crippen molar-refractivity contribution in [2.45, 2.75) is 111 Å². The molecule has 6 aromatic rings. The van der Waals surface area contributed by atoms with Crippen molar-refractivity contribution in [3.8, 4) is 22.3 Å². The van der Waals surface area contributed by atoms with E-state index < -0.39 is 7.58 Å². The van der Waals surface area contributed by atoms with Crippen molar-refractivity contribution in [2.24, 2.45) is 0 Å². The maximum atomic E-state index is 7.51. The first-order valence-electron chi connectivity index (χ1n) is 18.3. The van der Waals surface area contributed by atoms with Gasteiger partial charge in [-0.15, -0.1) is 0 Å². The van der Waals surface area contributed by atoms with E-state index in [1.807, 2.05) is 0 Å². The Morgan fingerprint density at radius 3 is 1.67 bits per heavy atom. The van der Waals surface area contributed by atoms with Crippen LogP contribution in [0.25, 0.3) is 44.1 Å². The summed E-state index contributed by atoms with van der Waals surface area (Å²) in [7, 11) is -1.24. The second-order valence-corrected chi connectivity index (χ2v) is 18.3. The minimum absolute atomic E-state index is 0.0563. The highest BCUT2D eigenvalue weighted by molar-refractivity contribution is 7.81. The quantitative estimate of drug-likeness (QED) is 0.127. The maximum Gasteiger partial charge on any atom is 0.206 e. The van der Waals surface area contributed by atoms with Gasteiger partial charge in [-0.2, -0.15) is 0 Å². The van der Waals surface area contributed by atoms with Gasteiger partial charge in [0.2, 0.25) is 7.58 Å². The fourth-order valence-electron chi connectivity index (χ4n) is 7.13. The number of benzene rings is 4. The normalized spacial score (nSPS) is 13.8. The van der Waals surface area contributed by atoms with Gasteiger partial charge < -0.3 is 0 Å². The van der Waals surface area contributed by atoms with Gasteiger partial charge in [-0.1, -0.05) is 136 Å². The summed E-state index contributed by atoms with van der Waals surface area (Å²) in [5.74, 6) is 0.549. The zero-order valence-electron chi connectivity index (χ0n) is 31.1. The zero-order chi connectivity index (χ0) is 35.1. The van der Waals surface area contributed by atoms with E-state index in [0.717, 1.165) is 11.9 Å². The van der Waals surface area contributed by atoms with Crippen LogP contribution in [-0.2, 0) is 17.3 Å². The van der Waals surface area contributed by atoms with Gasteiger partial charge >= 0.3 is 0 Å². The van der Waals surface area contributed by atoms with Gasteiger partial charge in [-0.3, -0.25) is 8.68 Å². The molecule has 256 valence electrons. The van der Waals surface area contributed by atoms with Crippen LogP contribution in [0.4, 0.5) is 0 Å². The first kappa shape index (κ1) is 35.5. The molecule has 2 atom stereocenters. The zero-order valence-corrected chi connectivity index (χ0v) is 32.7. The van der Waals surface area contributed by atoms with Crippen LogP contribution < -0.4 is 0 Å². The molecule has 4 aromatic carbocycles. The Balaban J connectivity index is 1.42. The third-order valence-corrected chi connectivity index (χ3v) is 12.6. The molecule has 6 rings (SSSR count). The second kappa shape index (κ2) is 14.1. The molecule has 0 aliphatic carbocycles. The molecular formula is C45H54ClN2P. The summed E-state index contributed by atoms with van der Waals surface area (Å²) in [6.45, 7) is 20.8. The van der Waals surface area contributed by atoms with E-state index in [-0.39, 0.29) is 10.8 Å². The summed E-state index contributed by atoms with van der Waals surface area (Å²) >= 11 is 7.51. The molecule has 0 aliphatic heterocycles. The summed E-state index contributed by atoms with van der Waals surface area (Å²) in [5.41, 5.74) is 13.2. The lowest BCUT2D eigenvalue weighted by molar-refractivity contribution is 0.569. The van der Waals surface area contributed by atoms with Gasteiger partial charge in [0.05, 0.1) is 11.0 Å². The first-order chi connectivity index (χ1) is 23.3. The minimum Gasteiger partial charge on any atom is -0.296 e. The largest absolute Gasteiger partial charge is 0.296 e. The number of rotatable bonds is 10. The number of aromatic nitrogens is 2. The van der Waals surface area contributed by atoms with Crippen LogP contribution in [0.3, 0.4) is 0 Å². The maximum absolute atomic E-state index is 7.51. The van der Waals surface area contributed by atoms with Gasteiger partial charge in [0.15, 0.2) is 0 Å². The molecule has 2 aromatic heterocycles. The predicted octanol–water partition coefficient (Wildman–Crippen LogP) is 14.6. The molecule has 49 heavy (non-hydrogen) atoms.